The summed E-state index contributed by atoms with van der Waals surface area (Å²) in [6.45, 7) is 0. The highest BCUT2D eigenvalue weighted by Gasteiger charge is 2.15. The first kappa shape index (κ1) is 10.7. The fraction of sp³-hybridized carbons (Fsp3) is 0.333. The van der Waals surface area contributed by atoms with Crippen molar-refractivity contribution in [3.63, 3.8) is 0 Å². The average Bonchev–Trinajstić information content (AvgIpc) is 2.31. The van der Waals surface area contributed by atoms with Crippen LogP contribution in [0.1, 0.15) is 29.8 Å². The van der Waals surface area contributed by atoms with Crippen LogP contribution in [0.25, 0.3) is 0 Å². The van der Waals surface area contributed by atoms with E-state index >= 15 is 0 Å². The third-order valence-corrected chi connectivity index (χ3v) is 2.64. The minimum absolute atomic E-state index is 0.0945. The van der Waals surface area contributed by atoms with Crippen molar-refractivity contribution in [1.29, 1.82) is 0 Å². The Balaban J connectivity index is 2.14. The number of pyridine rings is 1. The van der Waals surface area contributed by atoms with Gasteiger partial charge in [0.2, 0.25) is 0 Å². The highest BCUT2D eigenvalue weighted by atomic mass is 16.4. The van der Waals surface area contributed by atoms with E-state index in [0.29, 0.717) is 11.7 Å². The number of hydrogen-bond acceptors (Lipinski definition) is 3. The molecule has 1 unspecified atom stereocenters. The Morgan fingerprint density at radius 3 is 3.06 bits per heavy atom. The van der Waals surface area contributed by atoms with E-state index in [1.807, 2.05) is 0 Å². The molecule has 0 radical (unpaired) electrons. The summed E-state index contributed by atoms with van der Waals surface area (Å²) in [6, 6.07) is 3.81. The van der Waals surface area contributed by atoms with E-state index in [9.17, 15) is 4.79 Å². The first-order chi connectivity index (χ1) is 7.77. The minimum atomic E-state index is -0.991. The number of anilines is 1. The van der Waals surface area contributed by atoms with Gasteiger partial charge in [-0.05, 0) is 31.4 Å². The minimum Gasteiger partial charge on any atom is -0.476 e. The summed E-state index contributed by atoms with van der Waals surface area (Å²) in [6.07, 6.45) is 8.78. The van der Waals surface area contributed by atoms with Crippen LogP contribution in [0.5, 0.6) is 0 Å². The molecule has 0 saturated heterocycles. The Morgan fingerprint density at radius 2 is 2.38 bits per heavy atom. The molecule has 4 heteroatoms. The lowest BCUT2D eigenvalue weighted by Gasteiger charge is -2.21. The Bertz CT molecular complexity index is 415. The number of hydrogen-bond donors (Lipinski definition) is 2. The predicted octanol–water partition coefficient (Wildman–Crippen LogP) is 2.30. The number of rotatable bonds is 3. The Morgan fingerprint density at radius 1 is 1.50 bits per heavy atom. The van der Waals surface area contributed by atoms with Gasteiger partial charge in [0.1, 0.15) is 0 Å². The molecule has 1 aromatic rings. The lowest BCUT2D eigenvalue weighted by Crippen LogP contribution is -2.22. The van der Waals surface area contributed by atoms with Gasteiger partial charge in [-0.15, -0.1) is 0 Å². The van der Waals surface area contributed by atoms with Gasteiger partial charge in [-0.1, -0.05) is 12.2 Å². The van der Waals surface area contributed by atoms with Gasteiger partial charge in [0.25, 0.3) is 0 Å². The van der Waals surface area contributed by atoms with E-state index in [0.717, 1.165) is 19.3 Å². The van der Waals surface area contributed by atoms with Crippen molar-refractivity contribution < 1.29 is 9.90 Å². The van der Waals surface area contributed by atoms with Gasteiger partial charge in [0.05, 0.1) is 5.69 Å². The van der Waals surface area contributed by atoms with E-state index in [2.05, 4.69) is 22.5 Å². The molecule has 1 aliphatic carbocycles. The summed E-state index contributed by atoms with van der Waals surface area (Å²) in [5, 5.41) is 12.2. The highest BCUT2D eigenvalue weighted by Crippen LogP contribution is 2.19. The lowest BCUT2D eigenvalue weighted by atomic mass is 10.0. The van der Waals surface area contributed by atoms with Gasteiger partial charge in [0, 0.05) is 12.2 Å². The average molecular weight is 218 g/mol. The van der Waals surface area contributed by atoms with Crippen molar-refractivity contribution in [2.75, 3.05) is 5.32 Å². The van der Waals surface area contributed by atoms with Crippen molar-refractivity contribution in [2.24, 2.45) is 0 Å². The van der Waals surface area contributed by atoms with Gasteiger partial charge in [0.15, 0.2) is 5.69 Å². The van der Waals surface area contributed by atoms with Crippen LogP contribution in [0.15, 0.2) is 30.5 Å². The molecule has 84 valence electrons. The molecule has 1 aromatic heterocycles. The standard InChI is InChI=1S/C12H14N2O2/c15-12(16)11-10(7-4-8-13-11)14-9-5-2-1-3-6-9/h1-2,4,7-9,14H,3,5-6H2,(H,15,16). The highest BCUT2D eigenvalue weighted by molar-refractivity contribution is 5.91. The van der Waals surface area contributed by atoms with E-state index in [-0.39, 0.29) is 5.69 Å². The zero-order valence-corrected chi connectivity index (χ0v) is 8.89. The number of allylic oxidation sites excluding steroid dienone is 1. The first-order valence-corrected chi connectivity index (χ1v) is 5.37. The number of carbonyl (C=O) groups is 1. The third-order valence-electron chi connectivity index (χ3n) is 2.64. The second-order valence-corrected chi connectivity index (χ2v) is 3.83. The van der Waals surface area contributed by atoms with Crippen molar-refractivity contribution >= 4 is 11.7 Å². The summed E-state index contributed by atoms with van der Waals surface area (Å²) in [5.74, 6) is -0.991. The van der Waals surface area contributed by atoms with Crippen LogP contribution in [0.2, 0.25) is 0 Å². The second kappa shape index (κ2) is 4.79. The molecule has 4 nitrogen and oxygen atoms in total. The second-order valence-electron chi connectivity index (χ2n) is 3.83. The molecule has 0 amide bonds. The molecule has 0 aliphatic heterocycles. The van der Waals surface area contributed by atoms with Crippen molar-refractivity contribution in [3.05, 3.63) is 36.2 Å². The largest absolute Gasteiger partial charge is 0.476 e. The van der Waals surface area contributed by atoms with Gasteiger partial charge in [-0.3, -0.25) is 0 Å². The zero-order valence-electron chi connectivity index (χ0n) is 8.89. The van der Waals surface area contributed by atoms with Crippen LogP contribution in [0.4, 0.5) is 5.69 Å². The molecule has 1 atom stereocenters. The fourth-order valence-corrected chi connectivity index (χ4v) is 1.84. The Kier molecular flexibility index (Phi) is 3.19. The van der Waals surface area contributed by atoms with Gasteiger partial charge in [-0.2, -0.15) is 0 Å². The number of nitrogens with zero attached hydrogens (tertiary/aromatic N) is 1. The molecular weight excluding hydrogens is 204 g/mol. The van der Waals surface area contributed by atoms with Crippen LogP contribution in [0.3, 0.4) is 0 Å². The topological polar surface area (TPSA) is 62.2 Å². The smallest absolute Gasteiger partial charge is 0.356 e. The lowest BCUT2D eigenvalue weighted by molar-refractivity contribution is 0.0691. The maximum atomic E-state index is 10.9. The molecular formula is C12H14N2O2. The molecule has 0 aromatic carbocycles. The summed E-state index contributed by atoms with van der Waals surface area (Å²) in [5.41, 5.74) is 0.701. The Labute approximate surface area is 94.0 Å². The van der Waals surface area contributed by atoms with E-state index in [4.69, 9.17) is 5.11 Å². The van der Waals surface area contributed by atoms with Crippen LogP contribution in [0, 0.1) is 0 Å². The number of carboxylic acids is 1. The number of aromatic carboxylic acids is 1. The van der Waals surface area contributed by atoms with Crippen molar-refractivity contribution in [2.45, 2.75) is 25.3 Å². The van der Waals surface area contributed by atoms with Gasteiger partial charge < -0.3 is 10.4 Å². The molecule has 1 heterocycles. The van der Waals surface area contributed by atoms with Gasteiger partial charge in [-0.25, -0.2) is 9.78 Å². The fourth-order valence-electron chi connectivity index (χ4n) is 1.84. The molecule has 16 heavy (non-hydrogen) atoms. The third kappa shape index (κ3) is 2.39. The normalized spacial score (nSPS) is 19.4. The molecule has 0 spiro atoms. The van der Waals surface area contributed by atoms with E-state index in [1.165, 1.54) is 6.20 Å². The summed E-state index contributed by atoms with van der Waals surface area (Å²) in [7, 11) is 0. The number of aromatic nitrogens is 1. The van der Waals surface area contributed by atoms with Crippen LogP contribution < -0.4 is 5.32 Å². The van der Waals surface area contributed by atoms with Crippen molar-refractivity contribution in [3.8, 4) is 0 Å². The summed E-state index contributed by atoms with van der Waals surface area (Å²) < 4.78 is 0. The van der Waals surface area contributed by atoms with Crippen LogP contribution in [-0.4, -0.2) is 22.1 Å². The molecule has 0 bridgehead atoms. The van der Waals surface area contributed by atoms with E-state index in [1.54, 1.807) is 12.1 Å². The van der Waals surface area contributed by atoms with E-state index < -0.39 is 5.97 Å². The number of carboxylic acid groups (broad SMARTS) is 1. The molecule has 0 fully saturated rings. The maximum Gasteiger partial charge on any atom is 0.356 e. The SMILES string of the molecule is O=C(O)c1ncccc1NC1CC=CCC1. The first-order valence-electron chi connectivity index (χ1n) is 5.37. The molecule has 1 aliphatic rings. The summed E-state index contributed by atoms with van der Waals surface area (Å²) >= 11 is 0. The van der Waals surface area contributed by atoms with Gasteiger partial charge >= 0.3 is 5.97 Å². The van der Waals surface area contributed by atoms with Crippen LogP contribution in [-0.2, 0) is 0 Å². The Hall–Kier alpha value is -1.84. The zero-order chi connectivity index (χ0) is 11.4. The van der Waals surface area contributed by atoms with Crippen LogP contribution >= 0.6 is 0 Å². The predicted molar refractivity (Wildman–Crippen MR) is 61.6 cm³/mol. The number of nitrogens with one attached hydrogen (secondary N) is 1. The molecule has 2 rings (SSSR count). The monoisotopic (exact) mass is 218 g/mol. The quantitative estimate of drug-likeness (QED) is 0.764. The van der Waals surface area contributed by atoms with Crippen molar-refractivity contribution in [1.82, 2.24) is 4.98 Å². The molecule has 2 N–H and O–H groups in total. The maximum absolute atomic E-state index is 10.9. The summed E-state index contributed by atoms with van der Waals surface area (Å²) in [4.78, 5) is 14.8. The molecule has 0 saturated carbocycles.